The van der Waals surface area contributed by atoms with Crippen LogP contribution in [0.25, 0.3) is 0 Å². The maximum atomic E-state index is 11.8. The van der Waals surface area contributed by atoms with E-state index in [1.54, 1.807) is 0 Å². The Kier molecular flexibility index (Phi) is 9.91. The standard InChI is InChI=1S/C17H26BrNO3/c1-3-14(2)21-12-4-6-17(20)19-15-7-9-16(10-8-15)22-13-5-11-18/h7-10,14H,3-6,11-13H2,1-2H3,(H,19,20). The molecule has 0 saturated heterocycles. The minimum Gasteiger partial charge on any atom is -0.494 e. The number of hydrogen-bond acceptors (Lipinski definition) is 3. The van der Waals surface area contributed by atoms with Gasteiger partial charge in [-0.1, -0.05) is 22.9 Å². The Hall–Kier alpha value is -1.07. The predicted octanol–water partition coefficient (Wildman–Crippen LogP) is 4.38. The van der Waals surface area contributed by atoms with Crippen molar-refractivity contribution < 1.29 is 14.3 Å². The number of carbonyl (C=O) groups excluding carboxylic acids is 1. The van der Waals surface area contributed by atoms with Crippen LogP contribution in [0.2, 0.25) is 0 Å². The van der Waals surface area contributed by atoms with Crippen molar-refractivity contribution in [3.05, 3.63) is 24.3 Å². The van der Waals surface area contributed by atoms with Crippen molar-refractivity contribution >= 4 is 27.5 Å². The Balaban J connectivity index is 2.23. The van der Waals surface area contributed by atoms with E-state index in [9.17, 15) is 4.79 Å². The van der Waals surface area contributed by atoms with Gasteiger partial charge in [0.1, 0.15) is 5.75 Å². The molecule has 0 fully saturated rings. The van der Waals surface area contributed by atoms with Crippen molar-refractivity contribution in [3.63, 3.8) is 0 Å². The molecule has 0 aliphatic heterocycles. The van der Waals surface area contributed by atoms with Crippen LogP contribution in [-0.4, -0.2) is 30.6 Å². The number of halogens is 1. The molecule has 4 nitrogen and oxygen atoms in total. The molecular weight excluding hydrogens is 346 g/mol. The lowest BCUT2D eigenvalue weighted by molar-refractivity contribution is -0.116. The lowest BCUT2D eigenvalue weighted by Gasteiger charge is -2.10. The van der Waals surface area contributed by atoms with Crippen molar-refractivity contribution in [2.45, 2.75) is 45.6 Å². The summed E-state index contributed by atoms with van der Waals surface area (Å²) in [5, 5.41) is 3.81. The first-order valence-electron chi connectivity index (χ1n) is 7.86. The Morgan fingerprint density at radius 3 is 2.59 bits per heavy atom. The fourth-order valence-corrected chi connectivity index (χ4v) is 1.97. The third-order valence-electron chi connectivity index (χ3n) is 3.21. The number of rotatable bonds is 11. The van der Waals surface area contributed by atoms with E-state index in [4.69, 9.17) is 9.47 Å². The highest BCUT2D eigenvalue weighted by Gasteiger charge is 2.04. The molecule has 5 heteroatoms. The molecule has 0 heterocycles. The fraction of sp³-hybridized carbons (Fsp3) is 0.588. The molecule has 0 spiro atoms. The number of nitrogens with one attached hydrogen (secondary N) is 1. The minimum absolute atomic E-state index is 0.0145. The monoisotopic (exact) mass is 371 g/mol. The van der Waals surface area contributed by atoms with E-state index in [1.165, 1.54) is 0 Å². The number of alkyl halides is 1. The molecule has 0 aliphatic carbocycles. The third-order valence-corrected chi connectivity index (χ3v) is 3.77. The molecule has 1 N–H and O–H groups in total. The van der Waals surface area contributed by atoms with Crippen LogP contribution in [-0.2, 0) is 9.53 Å². The second-order valence-corrected chi connectivity index (χ2v) is 5.95. The largest absolute Gasteiger partial charge is 0.494 e. The quantitative estimate of drug-likeness (QED) is 0.463. The van der Waals surface area contributed by atoms with Crippen molar-refractivity contribution in [2.24, 2.45) is 0 Å². The zero-order valence-corrected chi connectivity index (χ0v) is 15.0. The number of hydrogen-bond donors (Lipinski definition) is 1. The molecule has 124 valence electrons. The van der Waals surface area contributed by atoms with E-state index in [2.05, 4.69) is 28.2 Å². The molecule has 0 radical (unpaired) electrons. The Labute approximate surface area is 141 Å². The van der Waals surface area contributed by atoms with Gasteiger partial charge in [-0.05, 0) is 50.5 Å². The van der Waals surface area contributed by atoms with E-state index in [-0.39, 0.29) is 12.0 Å². The van der Waals surface area contributed by atoms with Gasteiger partial charge >= 0.3 is 0 Å². The number of ether oxygens (including phenoxy) is 2. The van der Waals surface area contributed by atoms with Crippen molar-refractivity contribution in [2.75, 3.05) is 23.9 Å². The first-order valence-corrected chi connectivity index (χ1v) is 8.98. The third kappa shape index (κ3) is 8.39. The average Bonchev–Trinajstić information content (AvgIpc) is 2.53. The van der Waals surface area contributed by atoms with Crippen molar-refractivity contribution in [3.8, 4) is 5.75 Å². The molecule has 0 aromatic heterocycles. The molecule has 1 aromatic rings. The molecule has 0 saturated carbocycles. The normalized spacial score (nSPS) is 12.0. The molecule has 0 aliphatic rings. The fourth-order valence-electron chi connectivity index (χ4n) is 1.74. The Bertz CT molecular complexity index is 422. The lowest BCUT2D eigenvalue weighted by Crippen LogP contribution is -2.14. The van der Waals surface area contributed by atoms with Crippen molar-refractivity contribution in [1.82, 2.24) is 0 Å². The minimum atomic E-state index is 0.0145. The predicted molar refractivity (Wildman–Crippen MR) is 93.9 cm³/mol. The van der Waals surface area contributed by atoms with Gasteiger partial charge in [-0.15, -0.1) is 0 Å². The SMILES string of the molecule is CCC(C)OCCCC(=O)Nc1ccc(OCCCBr)cc1. The summed E-state index contributed by atoms with van der Waals surface area (Å²) in [6.45, 7) is 5.45. The van der Waals surface area contributed by atoms with Gasteiger partial charge in [0.25, 0.3) is 0 Å². The van der Waals surface area contributed by atoms with Crippen molar-refractivity contribution in [1.29, 1.82) is 0 Å². The van der Waals surface area contributed by atoms with Gasteiger partial charge in [0.2, 0.25) is 5.91 Å². The average molecular weight is 372 g/mol. The molecule has 0 bridgehead atoms. The first kappa shape index (κ1) is 19.0. The Morgan fingerprint density at radius 2 is 1.95 bits per heavy atom. The summed E-state index contributed by atoms with van der Waals surface area (Å²) in [4.78, 5) is 11.8. The molecule has 1 aromatic carbocycles. The molecule has 22 heavy (non-hydrogen) atoms. The highest BCUT2D eigenvalue weighted by atomic mass is 79.9. The molecule has 1 amide bonds. The van der Waals surface area contributed by atoms with E-state index >= 15 is 0 Å². The van der Waals surface area contributed by atoms with Gasteiger partial charge in [0, 0.05) is 24.0 Å². The van der Waals surface area contributed by atoms with Gasteiger partial charge in [-0.3, -0.25) is 4.79 Å². The smallest absolute Gasteiger partial charge is 0.224 e. The summed E-state index contributed by atoms with van der Waals surface area (Å²) < 4.78 is 11.1. The molecular formula is C17H26BrNO3. The Morgan fingerprint density at radius 1 is 1.23 bits per heavy atom. The highest BCUT2D eigenvalue weighted by Crippen LogP contribution is 2.16. The molecule has 1 rings (SSSR count). The van der Waals surface area contributed by atoms with Crippen LogP contribution >= 0.6 is 15.9 Å². The summed E-state index contributed by atoms with van der Waals surface area (Å²) in [6, 6.07) is 7.46. The summed E-state index contributed by atoms with van der Waals surface area (Å²) in [5.74, 6) is 0.835. The maximum absolute atomic E-state index is 11.8. The maximum Gasteiger partial charge on any atom is 0.224 e. The van der Waals surface area contributed by atoms with Crippen LogP contribution in [0.5, 0.6) is 5.75 Å². The highest BCUT2D eigenvalue weighted by molar-refractivity contribution is 9.09. The topological polar surface area (TPSA) is 47.6 Å². The van der Waals surface area contributed by atoms with Gasteiger partial charge in [0.15, 0.2) is 0 Å². The number of anilines is 1. The molecule has 1 unspecified atom stereocenters. The van der Waals surface area contributed by atoms with Crippen LogP contribution < -0.4 is 10.1 Å². The van der Waals surface area contributed by atoms with Gasteiger partial charge < -0.3 is 14.8 Å². The van der Waals surface area contributed by atoms with Crippen LogP contribution in [0.15, 0.2) is 24.3 Å². The van der Waals surface area contributed by atoms with E-state index in [0.29, 0.717) is 19.6 Å². The molecule has 1 atom stereocenters. The summed E-state index contributed by atoms with van der Waals surface area (Å²) >= 11 is 3.36. The summed E-state index contributed by atoms with van der Waals surface area (Å²) in [5.41, 5.74) is 0.792. The van der Waals surface area contributed by atoms with Gasteiger partial charge in [-0.25, -0.2) is 0 Å². The van der Waals surface area contributed by atoms with E-state index in [0.717, 1.165) is 36.0 Å². The number of amides is 1. The van der Waals surface area contributed by atoms with E-state index in [1.807, 2.05) is 31.2 Å². The van der Waals surface area contributed by atoms with Crippen LogP contribution in [0.1, 0.15) is 39.5 Å². The van der Waals surface area contributed by atoms with Crippen LogP contribution in [0.3, 0.4) is 0 Å². The number of carbonyl (C=O) groups is 1. The second-order valence-electron chi connectivity index (χ2n) is 5.16. The number of benzene rings is 1. The zero-order chi connectivity index (χ0) is 16.2. The zero-order valence-electron chi connectivity index (χ0n) is 13.4. The first-order chi connectivity index (χ1) is 10.7. The summed E-state index contributed by atoms with van der Waals surface area (Å²) in [7, 11) is 0. The second kappa shape index (κ2) is 11.5. The van der Waals surface area contributed by atoms with Gasteiger partial charge in [-0.2, -0.15) is 0 Å². The lowest BCUT2D eigenvalue weighted by atomic mass is 10.2. The van der Waals surface area contributed by atoms with Crippen LogP contribution in [0, 0.1) is 0 Å². The van der Waals surface area contributed by atoms with Gasteiger partial charge in [0.05, 0.1) is 12.7 Å². The van der Waals surface area contributed by atoms with Crippen LogP contribution in [0.4, 0.5) is 5.69 Å². The summed E-state index contributed by atoms with van der Waals surface area (Å²) in [6.07, 6.45) is 3.44. The van der Waals surface area contributed by atoms with E-state index < -0.39 is 0 Å².